The fourth-order valence-electron chi connectivity index (χ4n) is 2.25. The van der Waals surface area contributed by atoms with Crippen LogP contribution in [0.1, 0.15) is 27.2 Å². The highest BCUT2D eigenvalue weighted by molar-refractivity contribution is 5.93. The maximum atomic E-state index is 12.2. The molecule has 0 saturated carbocycles. The Bertz CT molecular complexity index is 774. The van der Waals surface area contributed by atoms with E-state index in [4.69, 9.17) is 9.47 Å². The van der Waals surface area contributed by atoms with Crippen LogP contribution in [0.2, 0.25) is 0 Å². The third-order valence-corrected chi connectivity index (χ3v) is 3.80. The second-order valence-electron chi connectivity index (χ2n) is 6.54. The predicted octanol–water partition coefficient (Wildman–Crippen LogP) is 4.87. The van der Waals surface area contributed by atoms with Gasteiger partial charge in [0.05, 0.1) is 12.6 Å². The second-order valence-corrected chi connectivity index (χ2v) is 6.54. The van der Waals surface area contributed by atoms with Crippen molar-refractivity contribution < 1.29 is 14.3 Å². The van der Waals surface area contributed by atoms with Gasteiger partial charge < -0.3 is 20.1 Å². The molecule has 5 nitrogen and oxygen atoms in total. The first-order valence-corrected chi connectivity index (χ1v) is 9.14. The molecule has 0 aliphatic rings. The van der Waals surface area contributed by atoms with Crippen LogP contribution in [-0.2, 0) is 4.79 Å². The van der Waals surface area contributed by atoms with E-state index in [9.17, 15) is 4.79 Å². The van der Waals surface area contributed by atoms with E-state index < -0.39 is 0 Å². The molecule has 0 aromatic heterocycles. The number of amides is 1. The van der Waals surface area contributed by atoms with Gasteiger partial charge >= 0.3 is 0 Å². The third-order valence-electron chi connectivity index (χ3n) is 3.80. The largest absolute Gasteiger partial charge is 0.491 e. The lowest BCUT2D eigenvalue weighted by atomic mass is 10.2. The molecule has 0 spiro atoms. The van der Waals surface area contributed by atoms with Crippen LogP contribution in [0, 0.1) is 0 Å². The van der Waals surface area contributed by atoms with E-state index in [1.807, 2.05) is 56.3 Å². The lowest BCUT2D eigenvalue weighted by Gasteiger charge is -2.14. The smallest absolute Gasteiger partial charge is 0.243 e. The van der Waals surface area contributed by atoms with Crippen molar-refractivity contribution in [1.29, 1.82) is 0 Å². The van der Waals surface area contributed by atoms with Gasteiger partial charge in [0.15, 0.2) is 0 Å². The van der Waals surface area contributed by atoms with E-state index in [0.717, 1.165) is 23.4 Å². The summed E-state index contributed by atoms with van der Waals surface area (Å²) in [5.41, 5.74) is 2.47. The fraction of sp³-hybridized carbons (Fsp3) is 0.318. The highest BCUT2D eigenvalue weighted by Crippen LogP contribution is 2.20. The van der Waals surface area contributed by atoms with Gasteiger partial charge in [-0.2, -0.15) is 0 Å². The van der Waals surface area contributed by atoms with Gasteiger partial charge in [0.1, 0.15) is 18.1 Å². The third kappa shape index (κ3) is 7.44. The molecular formula is C22H28N2O3. The molecule has 2 aromatic carbocycles. The number of anilines is 2. The van der Waals surface area contributed by atoms with Gasteiger partial charge in [0.25, 0.3) is 0 Å². The Labute approximate surface area is 161 Å². The summed E-state index contributed by atoms with van der Waals surface area (Å²) in [5.74, 6) is 1.34. The Morgan fingerprint density at radius 3 is 2.48 bits per heavy atom. The lowest BCUT2D eigenvalue weighted by Crippen LogP contribution is -2.21. The summed E-state index contributed by atoms with van der Waals surface area (Å²) >= 11 is 0. The van der Waals surface area contributed by atoms with E-state index >= 15 is 0 Å². The van der Waals surface area contributed by atoms with Gasteiger partial charge in [-0.1, -0.05) is 25.6 Å². The molecule has 0 radical (unpaired) electrons. The van der Waals surface area contributed by atoms with Crippen molar-refractivity contribution in [3.8, 4) is 11.5 Å². The van der Waals surface area contributed by atoms with Crippen molar-refractivity contribution in [2.24, 2.45) is 0 Å². The number of carbonyl (C=O) groups excluding carboxylic acids is 1. The van der Waals surface area contributed by atoms with Crippen LogP contribution < -0.4 is 20.1 Å². The normalized spacial score (nSPS) is 11.4. The molecule has 0 aliphatic carbocycles. The van der Waals surface area contributed by atoms with Gasteiger partial charge in [0.2, 0.25) is 5.91 Å². The lowest BCUT2D eigenvalue weighted by molar-refractivity contribution is -0.114. The fourth-order valence-corrected chi connectivity index (χ4v) is 2.25. The quantitative estimate of drug-likeness (QED) is 0.588. The van der Waals surface area contributed by atoms with Crippen molar-refractivity contribution in [1.82, 2.24) is 0 Å². The molecule has 2 aromatic rings. The highest BCUT2D eigenvalue weighted by Gasteiger charge is 2.06. The summed E-state index contributed by atoms with van der Waals surface area (Å²) in [6.07, 6.45) is 1.10. The minimum atomic E-state index is -0.139. The van der Waals surface area contributed by atoms with E-state index in [1.54, 1.807) is 6.07 Å². The molecule has 5 heteroatoms. The van der Waals surface area contributed by atoms with E-state index in [1.165, 1.54) is 0 Å². The molecule has 0 aliphatic heterocycles. The Balaban J connectivity index is 1.86. The molecule has 0 saturated heterocycles. The van der Waals surface area contributed by atoms with Crippen LogP contribution >= 0.6 is 0 Å². The van der Waals surface area contributed by atoms with Crippen molar-refractivity contribution in [2.45, 2.75) is 33.3 Å². The molecule has 2 rings (SSSR count). The highest BCUT2D eigenvalue weighted by atomic mass is 16.5. The van der Waals surface area contributed by atoms with E-state index in [-0.39, 0.29) is 18.6 Å². The molecule has 0 bridgehead atoms. The Morgan fingerprint density at radius 1 is 1.11 bits per heavy atom. The van der Waals surface area contributed by atoms with Crippen LogP contribution in [0.25, 0.3) is 0 Å². The molecule has 144 valence electrons. The molecule has 1 unspecified atom stereocenters. The van der Waals surface area contributed by atoms with Crippen LogP contribution in [-0.4, -0.2) is 25.2 Å². The molecule has 0 fully saturated rings. The minimum absolute atomic E-state index is 0.139. The molecule has 1 amide bonds. The van der Waals surface area contributed by atoms with Crippen LogP contribution in [0.3, 0.4) is 0 Å². The van der Waals surface area contributed by atoms with E-state index in [2.05, 4.69) is 24.1 Å². The number of hydrogen-bond acceptors (Lipinski definition) is 4. The summed E-state index contributed by atoms with van der Waals surface area (Å²) in [6.45, 7) is 10.4. The summed E-state index contributed by atoms with van der Waals surface area (Å²) in [6, 6.07) is 14.9. The first kappa shape index (κ1) is 20.4. The van der Waals surface area contributed by atoms with E-state index in [0.29, 0.717) is 18.0 Å². The number of hydrogen-bond donors (Lipinski definition) is 2. The predicted molar refractivity (Wildman–Crippen MR) is 111 cm³/mol. The second kappa shape index (κ2) is 10.3. The first-order chi connectivity index (χ1) is 13.0. The zero-order chi connectivity index (χ0) is 19.6. The molecule has 27 heavy (non-hydrogen) atoms. The zero-order valence-corrected chi connectivity index (χ0v) is 16.2. The van der Waals surface area contributed by atoms with Crippen molar-refractivity contribution in [3.63, 3.8) is 0 Å². The average molecular weight is 368 g/mol. The zero-order valence-electron chi connectivity index (χ0n) is 16.2. The first-order valence-electron chi connectivity index (χ1n) is 9.14. The summed E-state index contributed by atoms with van der Waals surface area (Å²) in [7, 11) is 0. The average Bonchev–Trinajstić information content (AvgIpc) is 2.65. The minimum Gasteiger partial charge on any atom is -0.491 e. The van der Waals surface area contributed by atoms with Crippen molar-refractivity contribution in [2.75, 3.05) is 23.8 Å². The molecular weight excluding hydrogens is 340 g/mol. The van der Waals surface area contributed by atoms with Crippen molar-refractivity contribution in [3.05, 3.63) is 60.7 Å². The SMILES string of the molecule is C=C(C)COc1cccc(NC(=O)CNc2cccc(OC(C)CC)c2)c1. The maximum absolute atomic E-state index is 12.2. The number of rotatable bonds is 10. The van der Waals surface area contributed by atoms with Gasteiger partial charge in [-0.25, -0.2) is 0 Å². The van der Waals surface area contributed by atoms with Gasteiger partial charge in [-0.3, -0.25) is 4.79 Å². The molecule has 2 N–H and O–H groups in total. The topological polar surface area (TPSA) is 59.6 Å². The molecule has 0 heterocycles. The Hall–Kier alpha value is -2.95. The summed E-state index contributed by atoms with van der Waals surface area (Å²) < 4.78 is 11.4. The van der Waals surface area contributed by atoms with Gasteiger partial charge in [-0.15, -0.1) is 0 Å². The van der Waals surface area contributed by atoms with Gasteiger partial charge in [-0.05, 0) is 50.1 Å². The van der Waals surface area contributed by atoms with Crippen molar-refractivity contribution >= 4 is 17.3 Å². The summed E-state index contributed by atoms with van der Waals surface area (Å²) in [5, 5.41) is 5.98. The Kier molecular flexibility index (Phi) is 7.74. The summed E-state index contributed by atoms with van der Waals surface area (Å²) in [4.78, 5) is 12.2. The van der Waals surface area contributed by atoms with Crippen LogP contribution in [0.5, 0.6) is 11.5 Å². The number of ether oxygens (including phenoxy) is 2. The maximum Gasteiger partial charge on any atom is 0.243 e. The number of carbonyl (C=O) groups is 1. The van der Waals surface area contributed by atoms with Gasteiger partial charge in [0, 0.05) is 23.5 Å². The molecule has 1 atom stereocenters. The monoisotopic (exact) mass is 368 g/mol. The standard InChI is InChI=1S/C22H28N2O3/c1-5-17(4)27-21-11-6-8-18(12-21)23-14-22(25)24-19-9-7-10-20(13-19)26-15-16(2)3/h6-13,17,23H,2,5,14-15H2,1,3-4H3,(H,24,25). The Morgan fingerprint density at radius 2 is 1.78 bits per heavy atom. The number of benzene rings is 2. The van der Waals surface area contributed by atoms with Crippen LogP contribution in [0.15, 0.2) is 60.7 Å². The van der Waals surface area contributed by atoms with Crippen LogP contribution in [0.4, 0.5) is 11.4 Å². The number of nitrogens with one attached hydrogen (secondary N) is 2.